The highest BCUT2D eigenvalue weighted by Crippen LogP contribution is 2.59. The molecular weight excluding hydrogens is 242 g/mol. The number of carbonyl (C=O) groups excluding carboxylic acids is 2. The minimum atomic E-state index is -0.842. The van der Waals surface area contributed by atoms with Crippen LogP contribution in [0.5, 0.6) is 0 Å². The third kappa shape index (κ3) is 1.82. The summed E-state index contributed by atoms with van der Waals surface area (Å²) in [5, 5.41) is 0. The lowest BCUT2D eigenvalue weighted by Gasteiger charge is -2.20. The van der Waals surface area contributed by atoms with Gasteiger partial charge in [0, 0.05) is 19.0 Å². The fourth-order valence-electron chi connectivity index (χ4n) is 2.98. The summed E-state index contributed by atoms with van der Waals surface area (Å²) in [6.07, 6.45) is 0.663. The van der Waals surface area contributed by atoms with Gasteiger partial charge in [-0.25, -0.2) is 0 Å². The molecule has 0 aromatic heterocycles. The normalized spacial score (nSPS) is 28.2. The fraction of sp³-hybridized carbons (Fsp3) is 0.467. The summed E-state index contributed by atoms with van der Waals surface area (Å²) < 4.78 is 5.05. The van der Waals surface area contributed by atoms with Gasteiger partial charge in [0.15, 0.2) is 5.41 Å². The Hall–Kier alpha value is -1.84. The molecule has 2 aliphatic rings. The number of benzene rings is 1. The van der Waals surface area contributed by atoms with Crippen molar-refractivity contribution in [3.05, 3.63) is 35.9 Å². The number of hydrogen-bond donors (Lipinski definition) is 0. The molecule has 1 aliphatic carbocycles. The molecule has 2 unspecified atom stereocenters. The number of rotatable bonds is 4. The maximum Gasteiger partial charge on any atom is 0.322 e. The molecule has 0 bridgehead atoms. The number of hydrogen-bond acceptors (Lipinski definition) is 3. The number of likely N-dealkylation sites (tertiary alicyclic amines) is 1. The van der Waals surface area contributed by atoms with Crippen LogP contribution in [-0.2, 0) is 20.9 Å². The molecule has 3 rings (SSSR count). The van der Waals surface area contributed by atoms with Crippen molar-refractivity contribution in [1.82, 2.24) is 4.90 Å². The van der Waals surface area contributed by atoms with Gasteiger partial charge in [0.25, 0.3) is 0 Å². The number of nitrogens with zero attached hydrogens (tertiary/aromatic N) is 1. The van der Waals surface area contributed by atoms with Crippen LogP contribution in [0.15, 0.2) is 30.3 Å². The summed E-state index contributed by atoms with van der Waals surface area (Å²) in [7, 11) is 0. The van der Waals surface area contributed by atoms with Gasteiger partial charge < -0.3 is 9.64 Å². The lowest BCUT2D eigenvalue weighted by atomic mass is 10.1. The van der Waals surface area contributed by atoms with Gasteiger partial charge in [-0.3, -0.25) is 9.59 Å². The molecule has 19 heavy (non-hydrogen) atoms. The van der Waals surface area contributed by atoms with Crippen molar-refractivity contribution in [3.8, 4) is 0 Å². The SMILES string of the molecule is CCOC(=O)C12CC1CN(Cc1ccccc1)C2=O. The Morgan fingerprint density at radius 2 is 2.16 bits per heavy atom. The van der Waals surface area contributed by atoms with E-state index >= 15 is 0 Å². The first kappa shape index (κ1) is 12.2. The summed E-state index contributed by atoms with van der Waals surface area (Å²) in [6, 6.07) is 9.85. The van der Waals surface area contributed by atoms with Crippen LogP contribution in [0.3, 0.4) is 0 Å². The van der Waals surface area contributed by atoms with Crippen molar-refractivity contribution in [2.45, 2.75) is 19.9 Å². The summed E-state index contributed by atoms with van der Waals surface area (Å²) in [4.78, 5) is 26.1. The number of esters is 1. The Bertz CT molecular complexity index is 513. The molecule has 1 aliphatic heterocycles. The van der Waals surface area contributed by atoms with Crippen molar-refractivity contribution in [1.29, 1.82) is 0 Å². The average molecular weight is 259 g/mol. The molecule has 4 nitrogen and oxygen atoms in total. The fourth-order valence-corrected chi connectivity index (χ4v) is 2.98. The summed E-state index contributed by atoms with van der Waals surface area (Å²) >= 11 is 0. The molecule has 1 amide bonds. The van der Waals surface area contributed by atoms with E-state index in [0.717, 1.165) is 5.56 Å². The Kier molecular flexibility index (Phi) is 2.81. The lowest BCUT2D eigenvalue weighted by molar-refractivity contribution is -0.155. The zero-order valence-electron chi connectivity index (χ0n) is 11.0. The van der Waals surface area contributed by atoms with Crippen LogP contribution in [0.4, 0.5) is 0 Å². The summed E-state index contributed by atoms with van der Waals surface area (Å²) in [6.45, 7) is 3.36. The van der Waals surface area contributed by atoms with Gasteiger partial charge in [0.1, 0.15) is 0 Å². The van der Waals surface area contributed by atoms with Crippen LogP contribution in [0.25, 0.3) is 0 Å². The van der Waals surface area contributed by atoms with E-state index in [4.69, 9.17) is 4.74 Å². The van der Waals surface area contributed by atoms with E-state index in [0.29, 0.717) is 26.1 Å². The standard InChI is InChI=1S/C15H17NO3/c1-2-19-14(18)15-8-12(15)10-16(13(15)17)9-11-6-4-3-5-7-11/h3-7,12H,2,8-10H2,1H3. The van der Waals surface area contributed by atoms with E-state index in [1.807, 2.05) is 30.3 Å². The number of ether oxygens (including phenoxy) is 1. The molecule has 100 valence electrons. The van der Waals surface area contributed by atoms with Gasteiger partial charge in [-0.05, 0) is 18.9 Å². The molecular formula is C15H17NO3. The van der Waals surface area contributed by atoms with E-state index < -0.39 is 5.41 Å². The quantitative estimate of drug-likeness (QED) is 0.609. The van der Waals surface area contributed by atoms with E-state index in [1.165, 1.54) is 0 Å². The van der Waals surface area contributed by atoms with Crippen molar-refractivity contribution in [2.75, 3.05) is 13.2 Å². The maximum atomic E-state index is 12.4. The average Bonchev–Trinajstić information content (AvgIpc) is 3.08. The first-order valence-corrected chi connectivity index (χ1v) is 6.69. The number of fused-ring (bicyclic) bond motifs is 1. The van der Waals surface area contributed by atoms with Gasteiger partial charge in [-0.15, -0.1) is 0 Å². The highest BCUT2D eigenvalue weighted by atomic mass is 16.5. The maximum absolute atomic E-state index is 12.4. The second-order valence-electron chi connectivity index (χ2n) is 5.26. The van der Waals surface area contributed by atoms with Gasteiger partial charge in [-0.2, -0.15) is 0 Å². The van der Waals surface area contributed by atoms with Gasteiger partial charge in [0.2, 0.25) is 5.91 Å². The van der Waals surface area contributed by atoms with E-state index in [-0.39, 0.29) is 17.8 Å². The third-order valence-corrected chi connectivity index (χ3v) is 4.07. The first-order chi connectivity index (χ1) is 9.18. The number of amides is 1. The Balaban J connectivity index is 1.72. The molecule has 1 saturated heterocycles. The molecule has 1 heterocycles. The van der Waals surface area contributed by atoms with Gasteiger partial charge in [0.05, 0.1) is 6.61 Å². The van der Waals surface area contributed by atoms with E-state index in [2.05, 4.69) is 0 Å². The number of carbonyl (C=O) groups is 2. The Morgan fingerprint density at radius 3 is 2.84 bits per heavy atom. The predicted octanol–water partition coefficient (Wildman–Crippen LogP) is 1.60. The van der Waals surface area contributed by atoms with Crippen molar-refractivity contribution in [3.63, 3.8) is 0 Å². The highest BCUT2D eigenvalue weighted by molar-refractivity contribution is 6.08. The molecule has 2 fully saturated rings. The van der Waals surface area contributed by atoms with Gasteiger partial charge in [-0.1, -0.05) is 30.3 Å². The molecule has 2 atom stereocenters. The topological polar surface area (TPSA) is 46.6 Å². The van der Waals surface area contributed by atoms with Crippen LogP contribution < -0.4 is 0 Å². The monoisotopic (exact) mass is 259 g/mol. The predicted molar refractivity (Wildman–Crippen MR) is 69.0 cm³/mol. The van der Waals surface area contributed by atoms with E-state index in [9.17, 15) is 9.59 Å². The van der Waals surface area contributed by atoms with Crippen LogP contribution in [0.2, 0.25) is 0 Å². The van der Waals surface area contributed by atoms with Crippen LogP contribution in [0, 0.1) is 11.3 Å². The van der Waals surface area contributed by atoms with Crippen LogP contribution >= 0.6 is 0 Å². The Labute approximate surface area is 112 Å². The molecule has 0 spiro atoms. The molecule has 1 saturated carbocycles. The number of piperidine rings is 1. The second kappa shape index (κ2) is 4.37. The minimum absolute atomic E-state index is 0.0557. The molecule has 1 aromatic rings. The lowest BCUT2D eigenvalue weighted by Crippen LogP contribution is -2.35. The van der Waals surface area contributed by atoms with Crippen LogP contribution in [-0.4, -0.2) is 29.9 Å². The first-order valence-electron chi connectivity index (χ1n) is 6.69. The highest BCUT2D eigenvalue weighted by Gasteiger charge is 2.72. The zero-order valence-corrected chi connectivity index (χ0v) is 11.0. The molecule has 4 heteroatoms. The second-order valence-corrected chi connectivity index (χ2v) is 5.26. The van der Waals surface area contributed by atoms with Crippen LogP contribution in [0.1, 0.15) is 18.9 Å². The van der Waals surface area contributed by atoms with Crippen molar-refractivity contribution in [2.24, 2.45) is 11.3 Å². The third-order valence-electron chi connectivity index (χ3n) is 4.07. The largest absolute Gasteiger partial charge is 0.465 e. The zero-order chi connectivity index (χ0) is 13.5. The summed E-state index contributed by atoms with van der Waals surface area (Å²) in [5.74, 6) is -0.233. The van der Waals surface area contributed by atoms with Crippen molar-refractivity contribution < 1.29 is 14.3 Å². The van der Waals surface area contributed by atoms with Gasteiger partial charge >= 0.3 is 5.97 Å². The molecule has 1 aromatic carbocycles. The molecule has 0 radical (unpaired) electrons. The van der Waals surface area contributed by atoms with Crippen molar-refractivity contribution >= 4 is 11.9 Å². The Morgan fingerprint density at radius 1 is 1.42 bits per heavy atom. The summed E-state index contributed by atoms with van der Waals surface area (Å²) in [5.41, 5.74) is 0.251. The smallest absolute Gasteiger partial charge is 0.322 e. The minimum Gasteiger partial charge on any atom is -0.465 e. The van der Waals surface area contributed by atoms with E-state index in [1.54, 1.807) is 11.8 Å². The molecule has 0 N–H and O–H groups in total.